The number of aromatic nitrogens is 2. The van der Waals surface area contributed by atoms with Crippen LogP contribution in [-0.2, 0) is 9.53 Å². The van der Waals surface area contributed by atoms with Crippen molar-refractivity contribution in [1.29, 1.82) is 0 Å². The minimum Gasteiger partial charge on any atom is -0.493 e. The Bertz CT molecular complexity index is 969. The van der Waals surface area contributed by atoms with Gasteiger partial charge in [-0.3, -0.25) is 9.89 Å². The molecule has 1 heterocycles. The van der Waals surface area contributed by atoms with Gasteiger partial charge in [0, 0.05) is 17.3 Å². The average Bonchev–Trinajstić information content (AvgIpc) is 3.23. The first kappa shape index (κ1) is 19.0. The van der Waals surface area contributed by atoms with Gasteiger partial charge in [-0.25, -0.2) is 4.79 Å². The maximum atomic E-state index is 12.1. The van der Waals surface area contributed by atoms with E-state index < -0.39 is 18.5 Å². The average molecular weight is 381 g/mol. The number of carbonyl (C=O) groups excluding carboxylic acids is 2. The molecule has 0 unspecified atom stereocenters. The number of benzene rings is 2. The number of aromatic amines is 1. The van der Waals surface area contributed by atoms with Crippen LogP contribution in [0.15, 0.2) is 54.6 Å². The van der Waals surface area contributed by atoms with Crippen molar-refractivity contribution in [3.05, 3.63) is 60.3 Å². The van der Waals surface area contributed by atoms with Crippen LogP contribution in [0.25, 0.3) is 11.3 Å². The molecule has 0 saturated heterocycles. The highest BCUT2D eigenvalue weighted by molar-refractivity contribution is 5.95. The van der Waals surface area contributed by atoms with E-state index in [1.807, 2.05) is 30.3 Å². The summed E-state index contributed by atoms with van der Waals surface area (Å²) in [5, 5.41) is 9.33. The number of carbonyl (C=O) groups is 2. The van der Waals surface area contributed by atoms with Gasteiger partial charge in [0.05, 0.1) is 19.9 Å². The summed E-state index contributed by atoms with van der Waals surface area (Å²) in [6.45, 7) is -0.438. The van der Waals surface area contributed by atoms with Crippen LogP contribution < -0.4 is 14.8 Å². The van der Waals surface area contributed by atoms with E-state index in [-0.39, 0.29) is 5.69 Å². The molecule has 1 aromatic heterocycles. The highest BCUT2D eigenvalue weighted by Gasteiger charge is 2.15. The third kappa shape index (κ3) is 4.47. The Morgan fingerprint density at radius 3 is 2.46 bits per heavy atom. The molecule has 0 aliphatic rings. The number of H-pyrrole nitrogens is 1. The second-order valence-corrected chi connectivity index (χ2v) is 5.73. The minimum atomic E-state index is -0.669. The molecule has 28 heavy (non-hydrogen) atoms. The van der Waals surface area contributed by atoms with Gasteiger partial charge in [0.15, 0.2) is 18.1 Å². The van der Waals surface area contributed by atoms with E-state index in [2.05, 4.69) is 15.5 Å². The summed E-state index contributed by atoms with van der Waals surface area (Å²) in [6.07, 6.45) is 0. The van der Waals surface area contributed by atoms with E-state index in [4.69, 9.17) is 14.2 Å². The number of esters is 1. The first-order valence-corrected chi connectivity index (χ1v) is 8.40. The molecule has 3 rings (SSSR count). The largest absolute Gasteiger partial charge is 0.493 e. The number of methoxy groups -OCH3 is 2. The number of hydrogen-bond donors (Lipinski definition) is 2. The predicted octanol–water partition coefficient (Wildman–Crippen LogP) is 2.89. The zero-order valence-corrected chi connectivity index (χ0v) is 15.4. The zero-order valence-electron chi connectivity index (χ0n) is 15.4. The molecule has 8 heteroatoms. The Morgan fingerprint density at radius 2 is 1.75 bits per heavy atom. The summed E-state index contributed by atoms with van der Waals surface area (Å²) < 4.78 is 15.4. The van der Waals surface area contributed by atoms with Crippen molar-refractivity contribution in [2.45, 2.75) is 0 Å². The first-order valence-electron chi connectivity index (χ1n) is 8.40. The Labute approximate surface area is 161 Å². The molecule has 0 fully saturated rings. The molecule has 0 radical (unpaired) electrons. The number of rotatable bonds is 7. The molecule has 0 bridgehead atoms. The fraction of sp³-hybridized carbons (Fsp3) is 0.150. The minimum absolute atomic E-state index is 0.165. The van der Waals surface area contributed by atoms with E-state index in [0.29, 0.717) is 22.9 Å². The Hall–Kier alpha value is -3.81. The smallest absolute Gasteiger partial charge is 0.356 e. The maximum absolute atomic E-state index is 12.1. The highest BCUT2D eigenvalue weighted by atomic mass is 16.5. The summed E-state index contributed by atoms with van der Waals surface area (Å²) in [7, 11) is 3.02. The molecule has 2 N–H and O–H groups in total. The fourth-order valence-corrected chi connectivity index (χ4v) is 2.50. The van der Waals surface area contributed by atoms with E-state index in [0.717, 1.165) is 5.56 Å². The topological polar surface area (TPSA) is 103 Å². The lowest BCUT2D eigenvalue weighted by atomic mass is 10.1. The maximum Gasteiger partial charge on any atom is 0.356 e. The summed E-state index contributed by atoms with van der Waals surface area (Å²) >= 11 is 0. The third-order valence-corrected chi connectivity index (χ3v) is 3.87. The van der Waals surface area contributed by atoms with Gasteiger partial charge < -0.3 is 19.5 Å². The SMILES string of the molecule is COc1ccc(NC(=O)COC(=O)c2cc(-c3ccccc3)n[nH]2)cc1OC. The number of nitrogens with one attached hydrogen (secondary N) is 2. The fourth-order valence-electron chi connectivity index (χ4n) is 2.50. The van der Waals surface area contributed by atoms with Crippen molar-refractivity contribution in [2.75, 3.05) is 26.1 Å². The molecule has 0 spiro atoms. The quantitative estimate of drug-likeness (QED) is 0.610. The second kappa shape index (κ2) is 8.72. The Kier molecular flexibility index (Phi) is 5.91. The van der Waals surface area contributed by atoms with Crippen LogP contribution in [0.4, 0.5) is 5.69 Å². The van der Waals surface area contributed by atoms with Crippen LogP contribution in [0.3, 0.4) is 0 Å². The van der Waals surface area contributed by atoms with Gasteiger partial charge >= 0.3 is 5.97 Å². The molecule has 0 saturated carbocycles. The van der Waals surface area contributed by atoms with Crippen LogP contribution >= 0.6 is 0 Å². The molecule has 1 amide bonds. The Morgan fingerprint density at radius 1 is 1.00 bits per heavy atom. The predicted molar refractivity (Wildman–Crippen MR) is 102 cm³/mol. The van der Waals surface area contributed by atoms with Crippen molar-refractivity contribution < 1.29 is 23.8 Å². The molecule has 0 aliphatic carbocycles. The standard InChI is InChI=1S/C20H19N3O5/c1-26-17-9-8-14(10-18(17)27-2)21-19(24)12-28-20(25)16-11-15(22-23-16)13-6-4-3-5-7-13/h3-11H,12H2,1-2H3,(H,21,24)(H,22,23). The number of anilines is 1. The van der Waals surface area contributed by atoms with Gasteiger partial charge in [0.25, 0.3) is 5.91 Å². The molecule has 3 aromatic rings. The Balaban J connectivity index is 1.56. The van der Waals surface area contributed by atoms with Crippen LogP contribution in [0, 0.1) is 0 Å². The van der Waals surface area contributed by atoms with Crippen LogP contribution in [0.1, 0.15) is 10.5 Å². The van der Waals surface area contributed by atoms with Crippen molar-refractivity contribution in [2.24, 2.45) is 0 Å². The zero-order chi connectivity index (χ0) is 19.9. The molecule has 0 aliphatic heterocycles. The van der Waals surface area contributed by atoms with Crippen LogP contribution in [0.5, 0.6) is 11.5 Å². The van der Waals surface area contributed by atoms with Crippen LogP contribution in [-0.4, -0.2) is 42.9 Å². The van der Waals surface area contributed by atoms with Crippen LogP contribution in [0.2, 0.25) is 0 Å². The van der Waals surface area contributed by atoms with Gasteiger partial charge in [-0.05, 0) is 18.2 Å². The summed E-state index contributed by atoms with van der Waals surface area (Å²) in [5.41, 5.74) is 2.13. The number of ether oxygens (including phenoxy) is 3. The van der Waals surface area contributed by atoms with E-state index in [1.54, 1.807) is 24.3 Å². The monoisotopic (exact) mass is 381 g/mol. The normalized spacial score (nSPS) is 10.2. The number of nitrogens with zero attached hydrogens (tertiary/aromatic N) is 1. The van der Waals surface area contributed by atoms with E-state index in [9.17, 15) is 9.59 Å². The van der Waals surface area contributed by atoms with Crippen molar-refractivity contribution in [3.8, 4) is 22.8 Å². The lowest BCUT2D eigenvalue weighted by Gasteiger charge is -2.10. The third-order valence-electron chi connectivity index (χ3n) is 3.87. The van der Waals surface area contributed by atoms with Gasteiger partial charge in [-0.1, -0.05) is 30.3 Å². The van der Waals surface area contributed by atoms with Gasteiger partial charge in [-0.2, -0.15) is 5.10 Å². The highest BCUT2D eigenvalue weighted by Crippen LogP contribution is 2.29. The summed E-state index contributed by atoms with van der Waals surface area (Å²) in [4.78, 5) is 24.2. The van der Waals surface area contributed by atoms with Crippen molar-refractivity contribution in [3.63, 3.8) is 0 Å². The number of hydrogen-bond acceptors (Lipinski definition) is 6. The summed E-state index contributed by atoms with van der Waals surface area (Å²) in [6, 6.07) is 15.9. The van der Waals surface area contributed by atoms with Gasteiger partial charge in [0.2, 0.25) is 0 Å². The molecule has 144 valence electrons. The van der Waals surface area contributed by atoms with Gasteiger partial charge in [-0.15, -0.1) is 0 Å². The summed E-state index contributed by atoms with van der Waals surface area (Å²) in [5.74, 6) is -0.135. The molecular weight excluding hydrogens is 362 g/mol. The second-order valence-electron chi connectivity index (χ2n) is 5.73. The lowest BCUT2D eigenvalue weighted by Crippen LogP contribution is -2.21. The molecular formula is C20H19N3O5. The first-order chi connectivity index (χ1) is 13.6. The molecule has 8 nitrogen and oxygen atoms in total. The number of amides is 1. The molecule has 0 atom stereocenters. The molecule has 2 aromatic carbocycles. The lowest BCUT2D eigenvalue weighted by molar-refractivity contribution is -0.119. The van der Waals surface area contributed by atoms with E-state index >= 15 is 0 Å². The van der Waals surface area contributed by atoms with E-state index in [1.165, 1.54) is 14.2 Å². The van der Waals surface area contributed by atoms with Gasteiger partial charge in [0.1, 0.15) is 5.69 Å². The van der Waals surface area contributed by atoms with Crippen molar-refractivity contribution in [1.82, 2.24) is 10.2 Å². The van der Waals surface area contributed by atoms with Crippen molar-refractivity contribution >= 4 is 17.6 Å².